The minimum atomic E-state index is -0.641. The maximum atomic E-state index is 15.0. The first kappa shape index (κ1) is 24.8. The van der Waals surface area contributed by atoms with Crippen LogP contribution in [0.25, 0.3) is 0 Å². The van der Waals surface area contributed by atoms with Gasteiger partial charge in [-0.3, -0.25) is 14.5 Å². The molecule has 36 heavy (non-hydrogen) atoms. The van der Waals surface area contributed by atoms with Crippen molar-refractivity contribution in [3.63, 3.8) is 0 Å². The molecule has 2 aromatic rings. The van der Waals surface area contributed by atoms with Gasteiger partial charge in [0.25, 0.3) is 5.91 Å². The molecule has 14 heteroatoms. The molecule has 4 amide bonds. The van der Waals surface area contributed by atoms with E-state index in [-0.39, 0.29) is 31.3 Å². The highest BCUT2D eigenvalue weighted by atomic mass is 19.1. The molecule has 192 valence electrons. The van der Waals surface area contributed by atoms with Crippen molar-refractivity contribution in [3.8, 4) is 0 Å². The number of cyclic esters (lactones) is 1. The summed E-state index contributed by atoms with van der Waals surface area (Å²) in [5.41, 5.74) is 0.680. The average Bonchev–Trinajstić information content (AvgIpc) is 3.56. The number of nitrogens with zero attached hydrogens (tertiary/aromatic N) is 4. The largest absolute Gasteiger partial charge is 0.453 e. The molecule has 3 heterocycles. The number of ether oxygens (including phenoxy) is 2. The Morgan fingerprint density at radius 3 is 2.61 bits per heavy atom. The van der Waals surface area contributed by atoms with E-state index >= 15 is 0 Å². The number of anilines is 2. The fourth-order valence-corrected chi connectivity index (χ4v) is 3.91. The molecule has 1 aromatic carbocycles. The van der Waals surface area contributed by atoms with Crippen LogP contribution in [0.1, 0.15) is 10.6 Å². The third-order valence-corrected chi connectivity index (χ3v) is 5.81. The summed E-state index contributed by atoms with van der Waals surface area (Å²) in [6.45, 7) is 1.52. The van der Waals surface area contributed by atoms with Gasteiger partial charge < -0.3 is 34.4 Å². The zero-order chi connectivity index (χ0) is 25.7. The zero-order valence-corrected chi connectivity index (χ0v) is 19.4. The number of amides is 4. The second kappa shape index (κ2) is 10.9. The van der Waals surface area contributed by atoms with E-state index in [1.54, 1.807) is 21.9 Å². The summed E-state index contributed by atoms with van der Waals surface area (Å²) in [4.78, 5) is 52.4. The topological polar surface area (TPSA) is 147 Å². The van der Waals surface area contributed by atoms with E-state index in [0.29, 0.717) is 37.6 Å². The van der Waals surface area contributed by atoms with E-state index < -0.39 is 30.0 Å². The van der Waals surface area contributed by atoms with Crippen molar-refractivity contribution in [2.45, 2.75) is 6.10 Å². The van der Waals surface area contributed by atoms with Crippen molar-refractivity contribution in [2.24, 2.45) is 0 Å². The van der Waals surface area contributed by atoms with Crippen molar-refractivity contribution in [1.82, 2.24) is 20.7 Å². The third kappa shape index (κ3) is 5.64. The summed E-state index contributed by atoms with van der Waals surface area (Å²) < 4.78 is 29.4. The third-order valence-electron chi connectivity index (χ3n) is 5.81. The molecule has 13 nitrogen and oxygen atoms in total. The molecular weight excluding hydrogens is 479 g/mol. The van der Waals surface area contributed by atoms with Gasteiger partial charge in [-0.15, -0.1) is 0 Å². The second-order valence-corrected chi connectivity index (χ2v) is 8.05. The fraction of sp³-hybridized carbons (Fsp3) is 0.409. The molecule has 0 bridgehead atoms. The smallest absolute Gasteiger partial charge is 0.414 e. The van der Waals surface area contributed by atoms with Crippen molar-refractivity contribution in [2.75, 3.05) is 62.7 Å². The molecule has 2 fully saturated rings. The lowest BCUT2D eigenvalue weighted by molar-refractivity contribution is -0.130. The summed E-state index contributed by atoms with van der Waals surface area (Å²) in [6.07, 6.45) is -0.537. The number of methoxy groups -OCH3 is 1. The first-order chi connectivity index (χ1) is 17.4. The SMILES string of the molecule is COC(=O)NCC1CN(c2ccc(N3CCN(C(=O)CNC(=O)c4ccno4)CC3)c(F)c2)C(=O)O1. The molecule has 1 atom stereocenters. The number of carbonyl (C=O) groups excluding carboxylic acids is 4. The number of hydrogen-bond acceptors (Lipinski definition) is 9. The second-order valence-electron chi connectivity index (χ2n) is 8.05. The quantitative estimate of drug-likeness (QED) is 0.553. The molecule has 0 radical (unpaired) electrons. The minimum absolute atomic E-state index is 0.0158. The van der Waals surface area contributed by atoms with Gasteiger partial charge in [-0.05, 0) is 18.2 Å². The van der Waals surface area contributed by atoms with E-state index in [1.165, 1.54) is 30.3 Å². The number of carbonyl (C=O) groups is 4. The van der Waals surface area contributed by atoms with E-state index in [4.69, 9.17) is 9.26 Å². The highest BCUT2D eigenvalue weighted by Crippen LogP contribution is 2.28. The van der Waals surface area contributed by atoms with Crippen LogP contribution in [0.3, 0.4) is 0 Å². The van der Waals surface area contributed by atoms with Crippen LogP contribution in [0.4, 0.5) is 25.4 Å². The lowest BCUT2D eigenvalue weighted by atomic mass is 10.2. The van der Waals surface area contributed by atoms with Crippen LogP contribution >= 0.6 is 0 Å². The molecule has 1 unspecified atom stereocenters. The summed E-state index contributed by atoms with van der Waals surface area (Å²) in [5, 5.41) is 8.39. The van der Waals surface area contributed by atoms with Crippen LogP contribution in [-0.2, 0) is 14.3 Å². The number of hydrogen-bond donors (Lipinski definition) is 2. The monoisotopic (exact) mass is 504 g/mol. The summed E-state index contributed by atoms with van der Waals surface area (Å²) in [6, 6.07) is 5.84. The molecule has 1 aromatic heterocycles. The Hall–Kier alpha value is -4.36. The predicted octanol–water partition coefficient (Wildman–Crippen LogP) is 0.573. The van der Waals surface area contributed by atoms with E-state index in [0.717, 1.165) is 0 Å². The van der Waals surface area contributed by atoms with Crippen LogP contribution < -0.4 is 20.4 Å². The van der Waals surface area contributed by atoms with Crippen LogP contribution in [0.15, 0.2) is 35.0 Å². The van der Waals surface area contributed by atoms with Crippen molar-refractivity contribution in [3.05, 3.63) is 42.0 Å². The van der Waals surface area contributed by atoms with Gasteiger partial charge in [0, 0.05) is 32.2 Å². The van der Waals surface area contributed by atoms with E-state index in [2.05, 4.69) is 20.5 Å². The van der Waals surface area contributed by atoms with Crippen LogP contribution in [0.5, 0.6) is 0 Å². The Labute approximate surface area is 205 Å². The van der Waals surface area contributed by atoms with Gasteiger partial charge in [-0.25, -0.2) is 14.0 Å². The first-order valence-corrected chi connectivity index (χ1v) is 11.2. The number of rotatable bonds is 7. The summed E-state index contributed by atoms with van der Waals surface area (Å²) in [5.74, 6) is -1.30. The lowest BCUT2D eigenvalue weighted by Crippen LogP contribution is -2.51. The fourth-order valence-electron chi connectivity index (χ4n) is 3.91. The number of piperazine rings is 1. The van der Waals surface area contributed by atoms with Gasteiger partial charge in [0.1, 0.15) is 11.9 Å². The predicted molar refractivity (Wildman–Crippen MR) is 122 cm³/mol. The number of aromatic nitrogens is 1. The highest BCUT2D eigenvalue weighted by molar-refractivity contribution is 5.94. The Balaban J connectivity index is 1.28. The molecule has 0 saturated carbocycles. The van der Waals surface area contributed by atoms with E-state index in [1.807, 2.05) is 0 Å². The van der Waals surface area contributed by atoms with Gasteiger partial charge in [-0.1, -0.05) is 5.16 Å². The van der Waals surface area contributed by atoms with Gasteiger partial charge in [-0.2, -0.15) is 0 Å². The van der Waals surface area contributed by atoms with E-state index in [9.17, 15) is 23.6 Å². The molecule has 2 N–H and O–H groups in total. The van der Waals surface area contributed by atoms with Gasteiger partial charge >= 0.3 is 12.2 Å². The number of halogens is 1. The number of alkyl carbamates (subject to hydrolysis) is 1. The zero-order valence-electron chi connectivity index (χ0n) is 19.4. The number of nitrogens with one attached hydrogen (secondary N) is 2. The molecule has 2 saturated heterocycles. The Bertz CT molecular complexity index is 1120. The van der Waals surface area contributed by atoms with Crippen molar-refractivity contribution >= 4 is 35.4 Å². The molecule has 0 spiro atoms. The highest BCUT2D eigenvalue weighted by Gasteiger charge is 2.33. The minimum Gasteiger partial charge on any atom is -0.453 e. The molecule has 2 aliphatic heterocycles. The Morgan fingerprint density at radius 1 is 1.17 bits per heavy atom. The molecule has 2 aliphatic rings. The van der Waals surface area contributed by atoms with Gasteiger partial charge in [0.15, 0.2) is 0 Å². The lowest BCUT2D eigenvalue weighted by Gasteiger charge is -2.36. The standard InChI is InChI=1S/C22H25FN6O7/c1-34-21(32)25-11-15-13-29(22(33)35-15)14-2-3-17(16(23)10-14)27-6-8-28(9-7-27)19(30)12-24-20(31)18-4-5-26-36-18/h2-5,10,15H,6-9,11-13H2,1H3,(H,24,31)(H,25,32). The number of benzene rings is 1. The van der Waals surface area contributed by atoms with Crippen molar-refractivity contribution < 1.29 is 37.6 Å². The normalized spacial score (nSPS) is 17.6. The summed E-state index contributed by atoms with van der Waals surface area (Å²) >= 11 is 0. The van der Waals surface area contributed by atoms with Gasteiger partial charge in [0.2, 0.25) is 11.7 Å². The maximum Gasteiger partial charge on any atom is 0.414 e. The van der Waals surface area contributed by atoms with Crippen LogP contribution in [-0.4, -0.2) is 93.1 Å². The summed E-state index contributed by atoms with van der Waals surface area (Å²) in [7, 11) is 1.23. The maximum absolute atomic E-state index is 15.0. The Kier molecular flexibility index (Phi) is 7.51. The average molecular weight is 504 g/mol. The first-order valence-electron chi connectivity index (χ1n) is 11.2. The van der Waals surface area contributed by atoms with Crippen molar-refractivity contribution in [1.29, 1.82) is 0 Å². The van der Waals surface area contributed by atoms with Gasteiger partial charge in [0.05, 0.1) is 44.3 Å². The molecule has 0 aliphatic carbocycles. The molecular formula is C22H25FN6O7. The van der Waals surface area contributed by atoms with Crippen LogP contribution in [0.2, 0.25) is 0 Å². The van der Waals surface area contributed by atoms with Crippen LogP contribution in [0, 0.1) is 5.82 Å². The molecule has 4 rings (SSSR count). The Morgan fingerprint density at radius 2 is 1.94 bits per heavy atom.